The van der Waals surface area contributed by atoms with Crippen LogP contribution in [0.4, 0.5) is 0 Å². The van der Waals surface area contributed by atoms with E-state index in [0.29, 0.717) is 25.8 Å². The van der Waals surface area contributed by atoms with E-state index >= 15 is 0 Å². The zero-order valence-electron chi connectivity index (χ0n) is 42.7. The molecular formula is C50H78N6O14. The number of benzene rings is 1. The third-order valence-corrected chi connectivity index (χ3v) is 13.0. The molecule has 4 N–H and O–H groups in total. The fraction of sp³-hybridized carbons (Fsp3) is 0.680. The van der Waals surface area contributed by atoms with Gasteiger partial charge in [-0.1, -0.05) is 71.4 Å². The minimum Gasteiger partial charge on any atom is -0.480 e. The van der Waals surface area contributed by atoms with Gasteiger partial charge in [0, 0.05) is 52.8 Å². The van der Waals surface area contributed by atoms with Gasteiger partial charge >= 0.3 is 5.97 Å². The number of likely N-dealkylation sites (N-methyl/N-ethyl adjacent to an activating group) is 1. The molecule has 0 spiro atoms. The van der Waals surface area contributed by atoms with Gasteiger partial charge in [0.15, 0.2) is 0 Å². The number of aliphatic carboxylic acids is 1. The van der Waals surface area contributed by atoms with Crippen LogP contribution in [-0.2, 0) is 68.5 Å². The lowest BCUT2D eigenvalue weighted by atomic mass is 9.89. The Morgan fingerprint density at radius 1 is 0.857 bits per heavy atom. The molecule has 0 bridgehead atoms. The smallest absolute Gasteiger partial charge is 0.326 e. The van der Waals surface area contributed by atoms with Gasteiger partial charge in [0.1, 0.15) is 17.6 Å². The van der Waals surface area contributed by atoms with Gasteiger partial charge in [-0.05, 0) is 44.1 Å². The highest BCUT2D eigenvalue weighted by Crippen LogP contribution is 2.30. The fourth-order valence-corrected chi connectivity index (χ4v) is 8.70. The summed E-state index contributed by atoms with van der Waals surface area (Å²) < 4.78 is 28.3. The summed E-state index contributed by atoms with van der Waals surface area (Å²) in [5.74, 6) is -5.37. The van der Waals surface area contributed by atoms with Crippen molar-refractivity contribution < 1.29 is 67.1 Å². The van der Waals surface area contributed by atoms with Crippen molar-refractivity contribution in [3.05, 3.63) is 48.0 Å². The van der Waals surface area contributed by atoms with Gasteiger partial charge < -0.3 is 54.5 Å². The predicted octanol–water partition coefficient (Wildman–Crippen LogP) is 2.12. The van der Waals surface area contributed by atoms with E-state index in [1.165, 1.54) is 26.4 Å². The summed E-state index contributed by atoms with van der Waals surface area (Å²) in [4.78, 5) is 109. The van der Waals surface area contributed by atoms with Crippen molar-refractivity contribution in [3.8, 4) is 0 Å². The topological polar surface area (TPSA) is 249 Å². The normalized spacial score (nSPS) is 18.0. The first-order chi connectivity index (χ1) is 33.2. The van der Waals surface area contributed by atoms with Crippen molar-refractivity contribution in [1.82, 2.24) is 30.7 Å². The molecule has 1 aromatic carbocycles. The molecule has 20 heteroatoms. The van der Waals surface area contributed by atoms with Crippen molar-refractivity contribution in [2.75, 3.05) is 74.0 Å². The number of methoxy groups -OCH3 is 2. The maximum absolute atomic E-state index is 14.4. The van der Waals surface area contributed by atoms with Crippen molar-refractivity contribution >= 4 is 47.3 Å². The number of ether oxygens (including phenoxy) is 5. The molecule has 8 atom stereocenters. The number of imide groups is 1. The second kappa shape index (κ2) is 29.2. The number of amides is 7. The van der Waals surface area contributed by atoms with Crippen molar-refractivity contribution in [2.24, 2.45) is 17.8 Å². The molecule has 7 unspecified atom stereocenters. The SMILES string of the molecule is CCC(C)C(C(CC(=O)N1CCC[C@H]1C(OC)C(C)C(=O)NC(Cc1ccccc1)C(=O)O)OC)N(C)C(=O)C(NC(=O)C(C)(C)NC(=O)CCOCCOCCOCCN1C(=O)C=CC1=O)C(C)C. The number of carboxylic acid groups (broad SMARTS) is 1. The van der Waals surface area contributed by atoms with Gasteiger partial charge in [0.05, 0.1) is 82.8 Å². The lowest BCUT2D eigenvalue weighted by molar-refractivity contribution is -0.148. The van der Waals surface area contributed by atoms with E-state index in [0.717, 1.165) is 10.5 Å². The number of hydrogen-bond acceptors (Lipinski definition) is 13. The number of rotatable bonds is 32. The van der Waals surface area contributed by atoms with E-state index in [1.807, 2.05) is 19.9 Å². The number of carbonyl (C=O) groups is 8. The summed E-state index contributed by atoms with van der Waals surface area (Å²) in [7, 11) is 4.59. The number of nitrogens with one attached hydrogen (secondary N) is 3. The fourth-order valence-electron chi connectivity index (χ4n) is 8.70. The van der Waals surface area contributed by atoms with Gasteiger partial charge in [-0.2, -0.15) is 0 Å². The first-order valence-corrected chi connectivity index (χ1v) is 24.3. The molecule has 392 valence electrons. The van der Waals surface area contributed by atoms with E-state index in [1.54, 1.807) is 75.7 Å². The first-order valence-electron chi connectivity index (χ1n) is 24.3. The Balaban J connectivity index is 1.55. The number of nitrogens with zero attached hydrogens (tertiary/aromatic N) is 3. The van der Waals surface area contributed by atoms with E-state index in [9.17, 15) is 43.5 Å². The Bertz CT molecular complexity index is 1910. The van der Waals surface area contributed by atoms with Gasteiger partial charge in [0.25, 0.3) is 11.8 Å². The Morgan fingerprint density at radius 2 is 1.46 bits per heavy atom. The average Bonchev–Trinajstić information content (AvgIpc) is 3.94. The molecule has 70 heavy (non-hydrogen) atoms. The zero-order chi connectivity index (χ0) is 52.1. The third kappa shape index (κ3) is 17.5. The van der Waals surface area contributed by atoms with Crippen LogP contribution in [0.2, 0.25) is 0 Å². The second-order valence-corrected chi connectivity index (χ2v) is 18.8. The summed E-state index contributed by atoms with van der Waals surface area (Å²) in [5, 5.41) is 18.2. The summed E-state index contributed by atoms with van der Waals surface area (Å²) in [5.41, 5.74) is -0.644. The summed E-state index contributed by atoms with van der Waals surface area (Å²) in [6.07, 6.45) is 2.76. The van der Waals surface area contributed by atoms with Gasteiger partial charge in [-0.15, -0.1) is 0 Å². The number of hydrogen-bond donors (Lipinski definition) is 4. The number of carboxylic acids is 1. The second-order valence-electron chi connectivity index (χ2n) is 18.8. The van der Waals surface area contributed by atoms with Crippen molar-refractivity contribution in [2.45, 2.75) is 129 Å². The molecule has 2 aliphatic rings. The zero-order valence-corrected chi connectivity index (χ0v) is 42.7. The molecular weight excluding hydrogens is 909 g/mol. The minimum atomic E-state index is -1.40. The molecule has 7 amide bonds. The lowest BCUT2D eigenvalue weighted by Crippen LogP contribution is -2.62. The molecule has 2 heterocycles. The van der Waals surface area contributed by atoms with E-state index in [2.05, 4.69) is 16.0 Å². The molecule has 2 aliphatic heterocycles. The van der Waals surface area contributed by atoms with Crippen molar-refractivity contribution in [1.29, 1.82) is 0 Å². The Kier molecular flexibility index (Phi) is 24.6. The number of carbonyl (C=O) groups excluding carboxylic acids is 7. The van der Waals surface area contributed by atoms with E-state index in [-0.39, 0.29) is 95.0 Å². The summed E-state index contributed by atoms with van der Waals surface area (Å²) in [6, 6.07) is 5.77. The quantitative estimate of drug-likeness (QED) is 0.0597. The maximum atomic E-state index is 14.4. The third-order valence-electron chi connectivity index (χ3n) is 13.0. The van der Waals surface area contributed by atoms with Crippen LogP contribution in [0.1, 0.15) is 86.1 Å². The van der Waals surface area contributed by atoms with Crippen LogP contribution in [0, 0.1) is 17.8 Å². The van der Waals surface area contributed by atoms with Crippen LogP contribution in [0.15, 0.2) is 42.5 Å². The maximum Gasteiger partial charge on any atom is 0.326 e. The molecule has 1 saturated heterocycles. The highest BCUT2D eigenvalue weighted by atomic mass is 16.5. The lowest BCUT2D eigenvalue weighted by Gasteiger charge is -2.41. The first kappa shape index (κ1) is 59.0. The highest BCUT2D eigenvalue weighted by molar-refractivity contribution is 6.12. The van der Waals surface area contributed by atoms with Gasteiger partial charge in [-0.3, -0.25) is 38.5 Å². The standard InChI is InChI=1S/C50H78N6O14/c1-11-33(4)44(38(66-9)31-42(60)55-22-15-18-37(55)45(67-10)34(5)46(61)51-36(48(63)64)30-35-16-13-12-14-17-35)54(8)47(62)43(32(2)3)52-49(65)50(6,7)53-39(57)21-24-68-26-28-70-29-27-69-25-23-56-40(58)19-20-41(56)59/h12-14,16-17,19-20,32-34,36-38,43-45H,11,15,18,21-31H2,1-10H3,(H,51,61)(H,52,65)(H,53,57)(H,63,64)/t33?,34?,36?,37-,38?,43?,44?,45?/m0/s1. The van der Waals surface area contributed by atoms with E-state index < -0.39 is 77.4 Å². The number of likely N-dealkylation sites (tertiary alicyclic amines) is 1. The van der Waals surface area contributed by atoms with E-state index in [4.69, 9.17) is 23.7 Å². The summed E-state index contributed by atoms with van der Waals surface area (Å²) >= 11 is 0. The van der Waals surface area contributed by atoms with Gasteiger partial charge in [-0.25, -0.2) is 4.79 Å². The molecule has 0 saturated carbocycles. The van der Waals surface area contributed by atoms with Crippen LogP contribution < -0.4 is 16.0 Å². The van der Waals surface area contributed by atoms with Crippen LogP contribution in [0.3, 0.4) is 0 Å². The Labute approximate surface area is 412 Å². The van der Waals surface area contributed by atoms with Crippen LogP contribution in [0.25, 0.3) is 0 Å². The van der Waals surface area contributed by atoms with Crippen LogP contribution in [-0.4, -0.2) is 183 Å². The highest BCUT2D eigenvalue weighted by Gasteiger charge is 2.44. The predicted molar refractivity (Wildman–Crippen MR) is 258 cm³/mol. The largest absolute Gasteiger partial charge is 0.480 e. The molecule has 0 aliphatic carbocycles. The summed E-state index contributed by atoms with van der Waals surface area (Å²) in [6.45, 7) is 14.1. The minimum absolute atomic E-state index is 0.0350. The molecule has 0 aromatic heterocycles. The molecule has 20 nitrogen and oxygen atoms in total. The Morgan fingerprint density at radius 3 is 2.01 bits per heavy atom. The average molecular weight is 987 g/mol. The van der Waals surface area contributed by atoms with Crippen molar-refractivity contribution in [3.63, 3.8) is 0 Å². The van der Waals surface area contributed by atoms with Gasteiger partial charge in [0.2, 0.25) is 29.5 Å². The molecule has 3 rings (SSSR count). The van der Waals surface area contributed by atoms with Crippen LogP contribution >= 0.6 is 0 Å². The Hall–Kier alpha value is -5.28. The molecule has 0 radical (unpaired) electrons. The monoisotopic (exact) mass is 987 g/mol. The molecule has 1 aromatic rings. The van der Waals surface area contributed by atoms with Crippen LogP contribution in [0.5, 0.6) is 0 Å². The molecule has 1 fully saturated rings.